The van der Waals surface area contributed by atoms with Gasteiger partial charge in [0, 0.05) is 11.8 Å². The number of nitrogens with two attached hydrogens (primary N) is 2. The highest BCUT2D eigenvalue weighted by atomic mass is 32.2. The number of thioether (sulfide) groups is 1. The quantitative estimate of drug-likeness (QED) is 0.376. The van der Waals surface area contributed by atoms with Crippen molar-refractivity contribution in [2.75, 3.05) is 22.5 Å². The molecule has 0 aliphatic heterocycles. The highest BCUT2D eigenvalue weighted by molar-refractivity contribution is 7.99. The summed E-state index contributed by atoms with van der Waals surface area (Å²) in [5, 5.41) is 2.60. The second kappa shape index (κ2) is 6.27. The first-order valence-corrected chi connectivity index (χ1v) is 6.77. The van der Waals surface area contributed by atoms with Gasteiger partial charge in [-0.15, -0.1) is 0 Å². The van der Waals surface area contributed by atoms with Crippen LogP contribution in [-0.4, -0.2) is 21.6 Å². The molecule has 0 saturated carbocycles. The van der Waals surface area contributed by atoms with E-state index in [9.17, 15) is 14.0 Å². The van der Waals surface area contributed by atoms with E-state index in [4.69, 9.17) is 11.5 Å². The number of amides is 1. The lowest BCUT2D eigenvalue weighted by molar-refractivity contribution is -0.113. The second-order valence-corrected chi connectivity index (χ2v) is 5.02. The standard InChI is InChI=1S/C12H12FN5O2S/c13-7-2-1-6(14)3-8(7)16-11(20)5-21-12-17-9(15)4-10(19)18-12/h1-4H,5,14H2,(H,16,20)(H3,15,17,18,19). The SMILES string of the molecule is Nc1ccc(F)c(NC(=O)CSc2nc(N)cc(=O)[nH]2)c1. The number of carbonyl (C=O) groups excluding carboxylic acids is 1. The molecule has 0 spiro atoms. The molecule has 2 aromatic rings. The number of aromatic amines is 1. The maximum Gasteiger partial charge on any atom is 0.253 e. The summed E-state index contributed by atoms with van der Waals surface area (Å²) in [5.74, 6) is -1.06. The molecule has 0 aliphatic carbocycles. The average Bonchev–Trinajstić information content (AvgIpc) is 2.40. The predicted molar refractivity (Wildman–Crippen MR) is 79.4 cm³/mol. The summed E-state index contributed by atoms with van der Waals surface area (Å²) in [6.07, 6.45) is 0. The normalized spacial score (nSPS) is 10.3. The Kier molecular flexibility index (Phi) is 4.43. The van der Waals surface area contributed by atoms with Crippen LogP contribution in [0.3, 0.4) is 0 Å². The van der Waals surface area contributed by atoms with Crippen LogP contribution in [0.1, 0.15) is 0 Å². The highest BCUT2D eigenvalue weighted by Crippen LogP contribution is 2.18. The van der Waals surface area contributed by atoms with E-state index in [0.29, 0.717) is 5.69 Å². The van der Waals surface area contributed by atoms with Gasteiger partial charge in [-0.1, -0.05) is 11.8 Å². The number of halogens is 1. The first kappa shape index (κ1) is 14.9. The molecule has 1 aromatic carbocycles. The number of nitrogens with one attached hydrogen (secondary N) is 2. The van der Waals surface area contributed by atoms with Crippen molar-refractivity contribution in [3.05, 3.63) is 40.4 Å². The zero-order chi connectivity index (χ0) is 15.4. The summed E-state index contributed by atoms with van der Waals surface area (Å²) in [7, 11) is 0. The van der Waals surface area contributed by atoms with Gasteiger partial charge in [-0.2, -0.15) is 0 Å². The van der Waals surface area contributed by atoms with Crippen LogP contribution in [0.5, 0.6) is 0 Å². The van der Waals surface area contributed by atoms with E-state index in [1.807, 2.05) is 0 Å². The number of hydrogen-bond donors (Lipinski definition) is 4. The number of nitrogens with zero attached hydrogens (tertiary/aromatic N) is 1. The Morgan fingerprint density at radius 3 is 2.86 bits per heavy atom. The van der Waals surface area contributed by atoms with Gasteiger partial charge in [-0.3, -0.25) is 9.59 Å². The maximum absolute atomic E-state index is 13.4. The molecule has 1 heterocycles. The van der Waals surface area contributed by atoms with E-state index in [2.05, 4.69) is 15.3 Å². The molecule has 0 saturated heterocycles. The lowest BCUT2D eigenvalue weighted by Crippen LogP contribution is -2.16. The lowest BCUT2D eigenvalue weighted by atomic mass is 10.2. The van der Waals surface area contributed by atoms with Gasteiger partial charge in [0.2, 0.25) is 5.91 Å². The van der Waals surface area contributed by atoms with E-state index >= 15 is 0 Å². The van der Waals surface area contributed by atoms with Crippen LogP contribution in [0.2, 0.25) is 0 Å². The number of H-pyrrole nitrogens is 1. The molecule has 0 aliphatic rings. The van der Waals surface area contributed by atoms with E-state index in [1.165, 1.54) is 12.1 Å². The number of benzene rings is 1. The molecule has 2 rings (SSSR count). The largest absolute Gasteiger partial charge is 0.399 e. The third-order valence-electron chi connectivity index (χ3n) is 2.34. The van der Waals surface area contributed by atoms with Gasteiger partial charge in [0.15, 0.2) is 5.16 Å². The third kappa shape index (κ3) is 4.21. The third-order valence-corrected chi connectivity index (χ3v) is 3.22. The summed E-state index contributed by atoms with van der Waals surface area (Å²) in [6, 6.07) is 5.00. The fraction of sp³-hybridized carbons (Fsp3) is 0.0833. The molecule has 6 N–H and O–H groups in total. The van der Waals surface area contributed by atoms with Crippen LogP contribution in [-0.2, 0) is 4.79 Å². The van der Waals surface area contributed by atoms with Crippen LogP contribution in [0.4, 0.5) is 21.6 Å². The molecule has 0 unspecified atom stereocenters. The van der Waals surface area contributed by atoms with Gasteiger partial charge in [-0.05, 0) is 18.2 Å². The van der Waals surface area contributed by atoms with E-state index in [0.717, 1.165) is 23.9 Å². The van der Waals surface area contributed by atoms with Crippen molar-refractivity contribution in [2.45, 2.75) is 5.16 Å². The van der Waals surface area contributed by atoms with Crippen LogP contribution >= 0.6 is 11.8 Å². The fourth-order valence-electron chi connectivity index (χ4n) is 1.48. The molecule has 7 nitrogen and oxygen atoms in total. The fourth-order valence-corrected chi connectivity index (χ4v) is 2.16. The minimum Gasteiger partial charge on any atom is -0.399 e. The summed E-state index contributed by atoms with van der Waals surface area (Å²) < 4.78 is 13.4. The van der Waals surface area contributed by atoms with Crippen LogP contribution in [0.15, 0.2) is 34.2 Å². The summed E-state index contributed by atoms with van der Waals surface area (Å²) >= 11 is 0.974. The molecule has 0 radical (unpaired) electrons. The zero-order valence-electron chi connectivity index (χ0n) is 10.7. The number of rotatable bonds is 4. The second-order valence-electron chi connectivity index (χ2n) is 4.05. The van der Waals surface area contributed by atoms with Gasteiger partial charge in [0.1, 0.15) is 11.6 Å². The van der Waals surface area contributed by atoms with Crippen molar-refractivity contribution in [1.29, 1.82) is 0 Å². The Bertz CT molecular complexity index is 734. The molecule has 1 aromatic heterocycles. The molecule has 0 atom stereocenters. The van der Waals surface area contributed by atoms with E-state index in [-0.39, 0.29) is 22.4 Å². The lowest BCUT2D eigenvalue weighted by Gasteiger charge is -2.07. The minimum absolute atomic E-state index is 0.00497. The first-order valence-electron chi connectivity index (χ1n) is 5.78. The van der Waals surface area contributed by atoms with Crippen molar-refractivity contribution in [3.63, 3.8) is 0 Å². The van der Waals surface area contributed by atoms with Crippen molar-refractivity contribution >= 4 is 34.9 Å². The van der Waals surface area contributed by atoms with Crippen molar-refractivity contribution in [2.24, 2.45) is 0 Å². The molecular formula is C12H12FN5O2S. The van der Waals surface area contributed by atoms with E-state index < -0.39 is 17.3 Å². The highest BCUT2D eigenvalue weighted by Gasteiger charge is 2.09. The average molecular weight is 309 g/mol. The molecule has 0 bridgehead atoms. The summed E-state index contributed by atoms with van der Waals surface area (Å²) in [5.41, 5.74) is 10.9. The number of nitrogen functional groups attached to an aromatic ring is 2. The molecule has 21 heavy (non-hydrogen) atoms. The van der Waals surface area contributed by atoms with Crippen LogP contribution < -0.4 is 22.3 Å². The molecule has 0 fully saturated rings. The first-order chi connectivity index (χ1) is 9.94. The number of carbonyl (C=O) groups is 1. The Hall–Kier alpha value is -2.55. The van der Waals surface area contributed by atoms with Gasteiger partial charge >= 0.3 is 0 Å². The maximum atomic E-state index is 13.4. The zero-order valence-corrected chi connectivity index (χ0v) is 11.5. The van der Waals surface area contributed by atoms with Crippen LogP contribution in [0.25, 0.3) is 0 Å². The minimum atomic E-state index is -0.585. The van der Waals surface area contributed by atoms with Gasteiger partial charge < -0.3 is 21.8 Å². The predicted octanol–water partition coefficient (Wildman–Crippen LogP) is 0.804. The molecule has 110 valence electrons. The topological polar surface area (TPSA) is 127 Å². The summed E-state index contributed by atoms with van der Waals surface area (Å²) in [4.78, 5) is 29.2. The van der Waals surface area contributed by atoms with Gasteiger partial charge in [0.05, 0.1) is 11.4 Å². The van der Waals surface area contributed by atoms with Gasteiger partial charge in [-0.25, -0.2) is 9.37 Å². The Balaban J connectivity index is 1.99. The Morgan fingerprint density at radius 2 is 2.14 bits per heavy atom. The smallest absolute Gasteiger partial charge is 0.253 e. The van der Waals surface area contributed by atoms with Crippen molar-refractivity contribution < 1.29 is 9.18 Å². The Morgan fingerprint density at radius 1 is 1.38 bits per heavy atom. The summed E-state index contributed by atoms with van der Waals surface area (Å²) in [6.45, 7) is 0. The monoisotopic (exact) mass is 309 g/mol. The molecule has 1 amide bonds. The Labute approximate surface area is 122 Å². The van der Waals surface area contributed by atoms with Crippen LogP contribution in [0, 0.1) is 5.82 Å². The van der Waals surface area contributed by atoms with Crippen molar-refractivity contribution in [1.82, 2.24) is 9.97 Å². The van der Waals surface area contributed by atoms with Gasteiger partial charge in [0.25, 0.3) is 5.56 Å². The van der Waals surface area contributed by atoms with E-state index in [1.54, 1.807) is 0 Å². The number of aromatic nitrogens is 2. The number of anilines is 3. The number of hydrogen-bond acceptors (Lipinski definition) is 6. The van der Waals surface area contributed by atoms with Crippen molar-refractivity contribution in [3.8, 4) is 0 Å². The molecular weight excluding hydrogens is 297 g/mol. The molecule has 9 heteroatoms.